The smallest absolute Gasteiger partial charge is 0.0710 e. The largest absolute Gasteiger partial charge is 0.375 e. The fourth-order valence-corrected chi connectivity index (χ4v) is 3.25. The van der Waals surface area contributed by atoms with Gasteiger partial charge in [-0.1, -0.05) is 30.3 Å². The van der Waals surface area contributed by atoms with Crippen LogP contribution in [0.3, 0.4) is 0 Å². The Bertz CT molecular complexity index is 362. The molecule has 1 spiro atoms. The number of nitrogens with one attached hydrogen (secondary N) is 1. The van der Waals surface area contributed by atoms with E-state index in [9.17, 15) is 0 Å². The number of piperidine rings is 1. The van der Waals surface area contributed by atoms with Crippen LogP contribution in [0.15, 0.2) is 30.3 Å². The molecule has 0 aliphatic carbocycles. The van der Waals surface area contributed by atoms with E-state index in [-0.39, 0.29) is 18.0 Å². The van der Waals surface area contributed by atoms with Gasteiger partial charge < -0.3 is 10.1 Å². The number of halogens is 1. The molecule has 2 aliphatic rings. The van der Waals surface area contributed by atoms with Gasteiger partial charge in [-0.25, -0.2) is 0 Å². The molecule has 2 aliphatic heterocycles. The second kappa shape index (κ2) is 6.05. The molecule has 1 aromatic carbocycles. The Kier molecular flexibility index (Phi) is 4.66. The number of benzene rings is 1. The van der Waals surface area contributed by atoms with Crippen molar-refractivity contribution in [3.63, 3.8) is 0 Å². The number of hydrogen-bond donors (Lipinski definition) is 1. The first-order valence-corrected chi connectivity index (χ1v) is 6.75. The third kappa shape index (κ3) is 3.05. The zero-order valence-electron chi connectivity index (χ0n) is 10.7. The quantitative estimate of drug-likeness (QED) is 0.890. The molecule has 2 saturated heterocycles. The first-order valence-electron chi connectivity index (χ1n) is 6.75. The second-order valence-electron chi connectivity index (χ2n) is 5.50. The molecule has 2 heterocycles. The highest BCUT2D eigenvalue weighted by Crippen LogP contribution is 2.38. The average Bonchev–Trinajstić information content (AvgIpc) is 2.74. The Labute approximate surface area is 116 Å². The Hall–Kier alpha value is -0.570. The molecular weight excluding hydrogens is 246 g/mol. The van der Waals surface area contributed by atoms with Gasteiger partial charge in [-0.15, -0.1) is 12.4 Å². The lowest BCUT2D eigenvalue weighted by atomic mass is 9.84. The molecule has 3 heteroatoms. The van der Waals surface area contributed by atoms with Crippen molar-refractivity contribution in [1.29, 1.82) is 0 Å². The van der Waals surface area contributed by atoms with Crippen molar-refractivity contribution in [2.75, 3.05) is 19.7 Å². The van der Waals surface area contributed by atoms with Crippen LogP contribution in [-0.2, 0) is 11.2 Å². The molecule has 0 saturated carbocycles. The molecule has 2 fully saturated rings. The monoisotopic (exact) mass is 267 g/mol. The van der Waals surface area contributed by atoms with E-state index >= 15 is 0 Å². The van der Waals surface area contributed by atoms with Gasteiger partial charge >= 0.3 is 0 Å². The first-order chi connectivity index (χ1) is 8.36. The summed E-state index contributed by atoms with van der Waals surface area (Å²) in [7, 11) is 0. The van der Waals surface area contributed by atoms with Gasteiger partial charge in [0, 0.05) is 0 Å². The van der Waals surface area contributed by atoms with E-state index in [1.807, 2.05) is 0 Å². The summed E-state index contributed by atoms with van der Waals surface area (Å²) in [6.07, 6.45) is 4.82. The third-order valence-corrected chi connectivity index (χ3v) is 4.17. The molecule has 0 bridgehead atoms. The Morgan fingerprint density at radius 2 is 1.89 bits per heavy atom. The lowest BCUT2D eigenvalue weighted by molar-refractivity contribution is -0.0196. The highest BCUT2D eigenvalue weighted by atomic mass is 35.5. The highest BCUT2D eigenvalue weighted by molar-refractivity contribution is 5.85. The van der Waals surface area contributed by atoms with Gasteiger partial charge in [-0.05, 0) is 50.3 Å². The first kappa shape index (κ1) is 13.9. The van der Waals surface area contributed by atoms with Crippen molar-refractivity contribution in [3.05, 3.63) is 35.9 Å². The molecule has 1 aromatic rings. The van der Waals surface area contributed by atoms with Crippen molar-refractivity contribution < 1.29 is 4.74 Å². The Morgan fingerprint density at radius 3 is 2.61 bits per heavy atom. The van der Waals surface area contributed by atoms with Gasteiger partial charge in [0.1, 0.15) is 0 Å². The fraction of sp³-hybridized carbons (Fsp3) is 0.600. The Morgan fingerprint density at radius 1 is 1.17 bits per heavy atom. The Balaban J connectivity index is 0.00000120. The molecule has 1 atom stereocenters. The minimum Gasteiger partial charge on any atom is -0.375 e. The molecule has 0 radical (unpaired) electrons. The van der Waals surface area contributed by atoms with Gasteiger partial charge in [0.15, 0.2) is 0 Å². The van der Waals surface area contributed by atoms with Gasteiger partial charge in [0.2, 0.25) is 0 Å². The average molecular weight is 268 g/mol. The maximum atomic E-state index is 6.13. The van der Waals surface area contributed by atoms with Crippen molar-refractivity contribution >= 4 is 12.4 Å². The van der Waals surface area contributed by atoms with Crippen LogP contribution >= 0.6 is 12.4 Å². The van der Waals surface area contributed by atoms with Crippen LogP contribution in [0.25, 0.3) is 0 Å². The molecule has 3 rings (SSSR count). The molecular formula is C15H22ClNO. The van der Waals surface area contributed by atoms with Crippen LogP contribution in [0, 0.1) is 5.92 Å². The molecule has 100 valence electrons. The van der Waals surface area contributed by atoms with E-state index in [1.54, 1.807) is 0 Å². The van der Waals surface area contributed by atoms with Gasteiger partial charge in [-0.3, -0.25) is 0 Å². The standard InChI is InChI=1S/C15H21NO.ClH/c1-2-4-13(5-3-1)10-14-11-15(17-12-14)6-8-16-9-7-15;/h1-5,14,16H,6-12H2;1H. The van der Waals surface area contributed by atoms with Crippen molar-refractivity contribution in [2.24, 2.45) is 5.92 Å². The lowest BCUT2D eigenvalue weighted by Gasteiger charge is -2.33. The maximum absolute atomic E-state index is 6.13. The van der Waals surface area contributed by atoms with Crippen LogP contribution in [0.4, 0.5) is 0 Å². The summed E-state index contributed by atoms with van der Waals surface area (Å²) in [5.41, 5.74) is 1.66. The number of hydrogen-bond acceptors (Lipinski definition) is 2. The topological polar surface area (TPSA) is 21.3 Å². The lowest BCUT2D eigenvalue weighted by Crippen LogP contribution is -2.41. The fourth-order valence-electron chi connectivity index (χ4n) is 3.25. The van der Waals surface area contributed by atoms with Gasteiger partial charge in [0.25, 0.3) is 0 Å². The van der Waals surface area contributed by atoms with Gasteiger partial charge in [-0.2, -0.15) is 0 Å². The molecule has 0 amide bonds. The summed E-state index contributed by atoms with van der Waals surface area (Å²) in [6.45, 7) is 3.20. The summed E-state index contributed by atoms with van der Waals surface area (Å²) in [5, 5.41) is 3.42. The van der Waals surface area contributed by atoms with Gasteiger partial charge in [0.05, 0.1) is 12.2 Å². The zero-order chi connectivity index (χ0) is 11.6. The van der Waals surface area contributed by atoms with Crippen LogP contribution in [0.1, 0.15) is 24.8 Å². The van der Waals surface area contributed by atoms with Crippen LogP contribution < -0.4 is 5.32 Å². The summed E-state index contributed by atoms with van der Waals surface area (Å²) in [6, 6.07) is 10.8. The zero-order valence-corrected chi connectivity index (χ0v) is 11.5. The van der Waals surface area contributed by atoms with E-state index in [0.29, 0.717) is 0 Å². The highest BCUT2D eigenvalue weighted by Gasteiger charge is 2.40. The molecule has 0 aromatic heterocycles. The van der Waals surface area contributed by atoms with Crippen LogP contribution in [-0.4, -0.2) is 25.3 Å². The van der Waals surface area contributed by atoms with Crippen molar-refractivity contribution in [1.82, 2.24) is 5.32 Å². The summed E-state index contributed by atoms with van der Waals surface area (Å²) >= 11 is 0. The van der Waals surface area contributed by atoms with E-state index in [1.165, 1.54) is 31.2 Å². The second-order valence-corrected chi connectivity index (χ2v) is 5.50. The molecule has 2 nitrogen and oxygen atoms in total. The van der Waals surface area contributed by atoms with Crippen LogP contribution in [0.5, 0.6) is 0 Å². The van der Waals surface area contributed by atoms with E-state index in [2.05, 4.69) is 35.6 Å². The SMILES string of the molecule is Cl.c1ccc(CC2COC3(CCNCC3)C2)cc1. The third-order valence-electron chi connectivity index (χ3n) is 4.17. The number of ether oxygens (including phenoxy) is 1. The summed E-state index contributed by atoms with van der Waals surface area (Å²) < 4.78 is 6.13. The van der Waals surface area contributed by atoms with E-state index in [0.717, 1.165) is 25.6 Å². The minimum absolute atomic E-state index is 0. The van der Waals surface area contributed by atoms with E-state index in [4.69, 9.17) is 4.74 Å². The normalized spacial score (nSPS) is 25.9. The minimum atomic E-state index is 0. The predicted molar refractivity (Wildman–Crippen MR) is 76.3 cm³/mol. The molecule has 18 heavy (non-hydrogen) atoms. The van der Waals surface area contributed by atoms with Crippen LogP contribution in [0.2, 0.25) is 0 Å². The predicted octanol–water partition coefficient (Wildman–Crippen LogP) is 2.81. The number of rotatable bonds is 2. The van der Waals surface area contributed by atoms with E-state index < -0.39 is 0 Å². The maximum Gasteiger partial charge on any atom is 0.0710 e. The molecule has 1 N–H and O–H groups in total. The summed E-state index contributed by atoms with van der Waals surface area (Å²) in [5.74, 6) is 0.718. The van der Waals surface area contributed by atoms with Crippen molar-refractivity contribution in [3.8, 4) is 0 Å². The molecule has 1 unspecified atom stereocenters. The van der Waals surface area contributed by atoms with Crippen molar-refractivity contribution in [2.45, 2.75) is 31.3 Å². The summed E-state index contributed by atoms with van der Waals surface area (Å²) in [4.78, 5) is 0.